The summed E-state index contributed by atoms with van der Waals surface area (Å²) >= 11 is 12.5. The van der Waals surface area contributed by atoms with E-state index in [1.54, 1.807) is 12.1 Å². The molecule has 0 amide bonds. The predicted octanol–water partition coefficient (Wildman–Crippen LogP) is 4.94. The fraction of sp³-hybridized carbons (Fsp3) is 0.250. The molecule has 4 heteroatoms. The number of rotatable bonds is 3. The second-order valence-electron chi connectivity index (χ2n) is 4.84. The largest absolute Gasteiger partial charge is 0.493 e. The number of hydrogen-bond acceptors (Lipinski definition) is 1. The molecule has 3 rings (SSSR count). The minimum atomic E-state index is -0.312. The van der Waals surface area contributed by atoms with Crippen LogP contribution >= 0.6 is 23.2 Å². The van der Waals surface area contributed by atoms with Crippen LogP contribution in [0.3, 0.4) is 0 Å². The number of alkyl halides is 1. The zero-order valence-electron chi connectivity index (χ0n) is 10.7. The molecule has 0 saturated carbocycles. The van der Waals surface area contributed by atoms with Gasteiger partial charge in [-0.2, -0.15) is 0 Å². The summed E-state index contributed by atoms with van der Waals surface area (Å²) in [5.74, 6) is 0.606. The van der Waals surface area contributed by atoms with Crippen LogP contribution < -0.4 is 4.74 Å². The van der Waals surface area contributed by atoms with Crippen molar-refractivity contribution in [1.82, 2.24) is 0 Å². The Morgan fingerprint density at radius 3 is 2.90 bits per heavy atom. The van der Waals surface area contributed by atoms with Crippen molar-refractivity contribution in [2.45, 2.75) is 18.2 Å². The van der Waals surface area contributed by atoms with Crippen LogP contribution in [0.5, 0.6) is 5.75 Å². The molecule has 0 N–H and O–H groups in total. The molecular weight excluding hydrogens is 298 g/mol. The summed E-state index contributed by atoms with van der Waals surface area (Å²) in [5, 5.41) is 0.107. The number of ether oxygens (including phenoxy) is 1. The van der Waals surface area contributed by atoms with E-state index in [2.05, 4.69) is 0 Å². The molecule has 1 atom stereocenters. The van der Waals surface area contributed by atoms with Gasteiger partial charge in [-0.15, -0.1) is 11.6 Å². The fourth-order valence-corrected chi connectivity index (χ4v) is 2.96. The predicted molar refractivity (Wildman–Crippen MR) is 79.3 cm³/mol. The van der Waals surface area contributed by atoms with E-state index in [4.69, 9.17) is 27.9 Å². The van der Waals surface area contributed by atoms with Crippen LogP contribution in [-0.4, -0.2) is 6.61 Å². The summed E-state index contributed by atoms with van der Waals surface area (Å²) in [7, 11) is 0. The third-order valence-corrected chi connectivity index (χ3v) is 4.28. The van der Waals surface area contributed by atoms with Crippen LogP contribution in [0.25, 0.3) is 0 Å². The Bertz CT molecular complexity index is 622. The van der Waals surface area contributed by atoms with Crippen LogP contribution in [0.15, 0.2) is 36.4 Å². The summed E-state index contributed by atoms with van der Waals surface area (Å²) in [6, 6.07) is 10.6. The maximum absolute atomic E-state index is 13.8. The molecule has 0 fully saturated rings. The van der Waals surface area contributed by atoms with Crippen molar-refractivity contribution in [3.63, 3.8) is 0 Å². The van der Waals surface area contributed by atoms with Crippen molar-refractivity contribution in [2.75, 3.05) is 6.61 Å². The average molecular weight is 311 g/mol. The Kier molecular flexibility index (Phi) is 3.86. The van der Waals surface area contributed by atoms with Crippen LogP contribution in [0, 0.1) is 5.82 Å². The van der Waals surface area contributed by atoms with E-state index >= 15 is 0 Å². The molecule has 0 aromatic heterocycles. The zero-order chi connectivity index (χ0) is 14.1. The number of fused-ring (bicyclic) bond motifs is 1. The van der Waals surface area contributed by atoms with Crippen molar-refractivity contribution in [1.29, 1.82) is 0 Å². The first-order chi connectivity index (χ1) is 9.65. The second kappa shape index (κ2) is 5.63. The number of halogens is 3. The lowest BCUT2D eigenvalue weighted by atomic mass is 10.0. The SMILES string of the molecule is Fc1cccc(Cl)c1CC(Cl)c1ccc2c(c1)CCO2. The molecule has 0 radical (unpaired) electrons. The van der Waals surface area contributed by atoms with Crippen LogP contribution in [0.1, 0.15) is 22.1 Å². The topological polar surface area (TPSA) is 9.23 Å². The molecule has 2 aromatic rings. The smallest absolute Gasteiger partial charge is 0.127 e. The Balaban J connectivity index is 1.84. The van der Waals surface area contributed by atoms with Gasteiger partial charge in [-0.3, -0.25) is 0 Å². The van der Waals surface area contributed by atoms with Crippen LogP contribution in [-0.2, 0) is 12.8 Å². The van der Waals surface area contributed by atoms with E-state index in [-0.39, 0.29) is 11.2 Å². The first-order valence-electron chi connectivity index (χ1n) is 6.48. The Morgan fingerprint density at radius 1 is 1.25 bits per heavy atom. The van der Waals surface area contributed by atoms with Gasteiger partial charge in [0.1, 0.15) is 11.6 Å². The summed E-state index contributed by atoms with van der Waals surface area (Å²) in [4.78, 5) is 0. The molecule has 1 aliphatic heterocycles. The van der Waals surface area contributed by atoms with E-state index < -0.39 is 0 Å². The molecule has 0 bridgehead atoms. The molecule has 104 valence electrons. The monoisotopic (exact) mass is 310 g/mol. The van der Waals surface area contributed by atoms with E-state index in [0.29, 0.717) is 23.6 Å². The van der Waals surface area contributed by atoms with Gasteiger partial charge in [-0.05, 0) is 35.7 Å². The first kappa shape index (κ1) is 13.7. The molecule has 0 saturated heterocycles. The quantitative estimate of drug-likeness (QED) is 0.730. The van der Waals surface area contributed by atoms with Crippen molar-refractivity contribution < 1.29 is 9.13 Å². The van der Waals surface area contributed by atoms with Gasteiger partial charge in [0, 0.05) is 17.0 Å². The van der Waals surface area contributed by atoms with E-state index in [1.165, 1.54) is 6.07 Å². The van der Waals surface area contributed by atoms with Gasteiger partial charge in [0.2, 0.25) is 0 Å². The van der Waals surface area contributed by atoms with Crippen molar-refractivity contribution in [3.8, 4) is 5.75 Å². The summed E-state index contributed by atoms with van der Waals surface area (Å²) in [6.07, 6.45) is 1.26. The Morgan fingerprint density at radius 2 is 2.10 bits per heavy atom. The van der Waals surface area contributed by atoms with E-state index in [9.17, 15) is 4.39 Å². The maximum Gasteiger partial charge on any atom is 0.127 e. The highest BCUT2D eigenvalue weighted by molar-refractivity contribution is 6.31. The van der Waals surface area contributed by atoms with E-state index in [1.807, 2.05) is 18.2 Å². The molecule has 1 unspecified atom stereocenters. The van der Waals surface area contributed by atoms with Crippen LogP contribution in [0.4, 0.5) is 4.39 Å². The molecule has 20 heavy (non-hydrogen) atoms. The van der Waals surface area contributed by atoms with Crippen molar-refractivity contribution in [3.05, 3.63) is 63.9 Å². The molecule has 0 aliphatic carbocycles. The number of benzene rings is 2. The normalized spacial score (nSPS) is 14.8. The van der Waals surface area contributed by atoms with Gasteiger partial charge < -0.3 is 4.74 Å². The fourth-order valence-electron chi connectivity index (χ4n) is 2.43. The number of hydrogen-bond donors (Lipinski definition) is 0. The zero-order valence-corrected chi connectivity index (χ0v) is 12.2. The highest BCUT2D eigenvalue weighted by Gasteiger charge is 2.18. The molecule has 1 nitrogen and oxygen atoms in total. The highest BCUT2D eigenvalue weighted by Crippen LogP contribution is 2.33. The van der Waals surface area contributed by atoms with Gasteiger partial charge in [0.25, 0.3) is 0 Å². The minimum Gasteiger partial charge on any atom is -0.493 e. The van der Waals surface area contributed by atoms with Crippen molar-refractivity contribution in [2.24, 2.45) is 0 Å². The molecule has 1 heterocycles. The molecule has 1 aliphatic rings. The third kappa shape index (κ3) is 2.63. The first-order valence-corrected chi connectivity index (χ1v) is 7.29. The Labute approximate surface area is 127 Å². The van der Waals surface area contributed by atoms with Gasteiger partial charge in [0.05, 0.1) is 12.0 Å². The average Bonchev–Trinajstić information content (AvgIpc) is 2.90. The van der Waals surface area contributed by atoms with Gasteiger partial charge in [0.15, 0.2) is 0 Å². The lowest BCUT2D eigenvalue weighted by molar-refractivity contribution is 0.357. The Hall–Kier alpha value is -1.25. The highest BCUT2D eigenvalue weighted by atomic mass is 35.5. The summed E-state index contributed by atoms with van der Waals surface area (Å²) in [6.45, 7) is 0.713. The van der Waals surface area contributed by atoms with E-state index in [0.717, 1.165) is 23.3 Å². The van der Waals surface area contributed by atoms with Gasteiger partial charge in [-0.1, -0.05) is 29.8 Å². The van der Waals surface area contributed by atoms with Crippen LogP contribution in [0.2, 0.25) is 5.02 Å². The second-order valence-corrected chi connectivity index (χ2v) is 5.77. The summed E-state index contributed by atoms with van der Waals surface area (Å²) < 4.78 is 19.2. The summed E-state index contributed by atoms with van der Waals surface area (Å²) in [5.41, 5.74) is 2.59. The standard InChI is InChI=1S/C16H13Cl2FO/c17-13-2-1-3-15(19)12(13)9-14(18)10-4-5-16-11(8-10)6-7-20-16/h1-5,8,14H,6-7,9H2. The van der Waals surface area contributed by atoms with Gasteiger partial charge in [-0.25, -0.2) is 4.39 Å². The lowest BCUT2D eigenvalue weighted by Crippen LogP contribution is -2.00. The molecular formula is C16H13Cl2FO. The maximum atomic E-state index is 13.8. The molecule has 0 spiro atoms. The lowest BCUT2D eigenvalue weighted by Gasteiger charge is -2.13. The van der Waals surface area contributed by atoms with Gasteiger partial charge >= 0.3 is 0 Å². The van der Waals surface area contributed by atoms with Crippen molar-refractivity contribution >= 4 is 23.2 Å². The minimum absolute atomic E-state index is 0.310. The third-order valence-electron chi connectivity index (χ3n) is 3.52. The molecule has 2 aromatic carbocycles.